The van der Waals surface area contributed by atoms with Gasteiger partial charge in [0.1, 0.15) is 0 Å². The van der Waals surface area contributed by atoms with Crippen LogP contribution in [0.2, 0.25) is 0 Å². The number of rotatable bonds is 4. The van der Waals surface area contributed by atoms with E-state index in [1.807, 2.05) is 6.08 Å². The van der Waals surface area contributed by atoms with E-state index in [0.717, 1.165) is 37.7 Å². The summed E-state index contributed by atoms with van der Waals surface area (Å²) in [6.45, 7) is 1.64. The molecule has 4 unspecified atom stereocenters. The zero-order valence-corrected chi connectivity index (χ0v) is 22.5. The first kappa shape index (κ1) is 25.6. The highest BCUT2D eigenvalue weighted by Crippen LogP contribution is 2.56. The molecule has 8 heteroatoms. The first-order valence-corrected chi connectivity index (χ1v) is 13.8. The second-order valence-corrected chi connectivity index (χ2v) is 11.3. The lowest BCUT2D eigenvalue weighted by Crippen LogP contribution is -2.43. The van der Waals surface area contributed by atoms with Crippen LogP contribution in [0.15, 0.2) is 46.6 Å². The highest BCUT2D eigenvalue weighted by atomic mass is 16.5. The SMILES string of the molecule is COc1cc(C2C3=CCC4C(=O)N(C5CCCCC5)C(=O)C4C3CC3=C2C(=O)C(C)=CC3=O)cc(OC)c1O. The van der Waals surface area contributed by atoms with Gasteiger partial charge in [-0.15, -0.1) is 0 Å². The van der Waals surface area contributed by atoms with Crippen LogP contribution in [0.1, 0.15) is 63.4 Å². The van der Waals surface area contributed by atoms with Gasteiger partial charge in [0.2, 0.25) is 17.6 Å². The molecule has 2 amide bonds. The number of carbonyl (C=O) groups is 4. The lowest BCUT2D eigenvalue weighted by molar-refractivity contribution is -0.143. The van der Waals surface area contributed by atoms with Crippen LogP contribution >= 0.6 is 0 Å². The molecule has 0 aromatic heterocycles. The number of carbonyl (C=O) groups excluding carboxylic acids is 4. The number of aromatic hydroxyl groups is 1. The summed E-state index contributed by atoms with van der Waals surface area (Å²) in [6, 6.07) is 3.25. The van der Waals surface area contributed by atoms with E-state index in [9.17, 15) is 24.3 Å². The average Bonchev–Trinajstić information content (AvgIpc) is 3.20. The Morgan fingerprint density at radius 2 is 1.59 bits per heavy atom. The van der Waals surface area contributed by atoms with E-state index in [-0.39, 0.29) is 59.0 Å². The summed E-state index contributed by atoms with van der Waals surface area (Å²) < 4.78 is 10.8. The first-order valence-electron chi connectivity index (χ1n) is 13.8. The normalized spacial score (nSPS) is 29.1. The fraction of sp³-hybridized carbons (Fsp3) is 0.484. The van der Waals surface area contributed by atoms with Gasteiger partial charge in [-0.2, -0.15) is 0 Å². The van der Waals surface area contributed by atoms with Crippen molar-refractivity contribution in [1.82, 2.24) is 4.90 Å². The molecule has 4 aliphatic carbocycles. The number of imide groups is 1. The number of ether oxygens (including phenoxy) is 2. The van der Waals surface area contributed by atoms with E-state index < -0.39 is 17.8 Å². The summed E-state index contributed by atoms with van der Waals surface area (Å²) in [7, 11) is 2.86. The molecule has 8 nitrogen and oxygen atoms in total. The first-order chi connectivity index (χ1) is 18.8. The van der Waals surface area contributed by atoms with Crippen LogP contribution < -0.4 is 9.47 Å². The highest BCUT2D eigenvalue weighted by molar-refractivity contribution is 6.23. The molecular weight excluding hydrogens is 498 g/mol. The van der Waals surface area contributed by atoms with Gasteiger partial charge in [0.25, 0.3) is 0 Å². The zero-order chi connectivity index (χ0) is 27.6. The molecule has 1 saturated heterocycles. The van der Waals surface area contributed by atoms with E-state index in [1.54, 1.807) is 19.1 Å². The third-order valence-electron chi connectivity index (χ3n) is 9.37. The van der Waals surface area contributed by atoms with Crippen molar-refractivity contribution in [3.05, 3.63) is 52.1 Å². The van der Waals surface area contributed by atoms with E-state index in [2.05, 4.69) is 0 Å². The Bertz CT molecular complexity index is 1370. The Morgan fingerprint density at radius 3 is 2.23 bits per heavy atom. The Labute approximate surface area is 227 Å². The minimum Gasteiger partial charge on any atom is -0.502 e. The number of hydrogen-bond acceptors (Lipinski definition) is 7. The number of likely N-dealkylation sites (tertiary alicyclic amines) is 1. The quantitative estimate of drug-likeness (QED) is 0.353. The summed E-state index contributed by atoms with van der Waals surface area (Å²) in [5.41, 5.74) is 2.66. The topological polar surface area (TPSA) is 110 Å². The van der Waals surface area contributed by atoms with Crippen LogP contribution in [0.3, 0.4) is 0 Å². The van der Waals surface area contributed by atoms with Crippen LogP contribution in [0.5, 0.6) is 17.2 Å². The molecule has 5 aliphatic rings. The van der Waals surface area contributed by atoms with Gasteiger partial charge in [0.05, 0.1) is 26.1 Å². The number of phenols is 1. The van der Waals surface area contributed by atoms with Crippen molar-refractivity contribution in [2.24, 2.45) is 17.8 Å². The van der Waals surface area contributed by atoms with E-state index in [4.69, 9.17) is 9.47 Å². The predicted molar refractivity (Wildman–Crippen MR) is 141 cm³/mol. The van der Waals surface area contributed by atoms with Gasteiger partial charge in [-0.1, -0.05) is 30.9 Å². The standard InChI is InChI=1S/C31H33NO7/c1-15-11-22(33)21-14-20-18(9-10-19-26(20)31(37)32(30(19)36)17-7-5-4-6-8-17)25(27(21)28(15)34)16-12-23(38-2)29(35)24(13-16)39-3/h9,11-13,17,19-20,25-26,35H,4-8,10,14H2,1-3H3. The lowest BCUT2D eigenvalue weighted by atomic mass is 9.59. The third-order valence-corrected chi connectivity index (χ3v) is 9.37. The van der Waals surface area contributed by atoms with Gasteiger partial charge in [-0.05, 0) is 62.3 Å². The summed E-state index contributed by atoms with van der Waals surface area (Å²) >= 11 is 0. The lowest BCUT2D eigenvalue weighted by Gasteiger charge is -2.42. The van der Waals surface area contributed by atoms with Crippen LogP contribution in [0.25, 0.3) is 0 Å². The van der Waals surface area contributed by atoms with Gasteiger partial charge >= 0.3 is 0 Å². The summed E-state index contributed by atoms with van der Waals surface area (Å²) in [4.78, 5) is 56.0. The molecule has 204 valence electrons. The van der Waals surface area contributed by atoms with Crippen molar-refractivity contribution in [3.8, 4) is 17.2 Å². The highest BCUT2D eigenvalue weighted by Gasteiger charge is 2.57. The fourth-order valence-corrected chi connectivity index (χ4v) is 7.54. The molecule has 1 saturated carbocycles. The molecule has 1 aromatic carbocycles. The zero-order valence-electron chi connectivity index (χ0n) is 22.5. The second-order valence-electron chi connectivity index (χ2n) is 11.3. The van der Waals surface area contributed by atoms with Gasteiger partial charge in [0, 0.05) is 28.7 Å². The number of ketones is 2. The Balaban J connectivity index is 1.49. The predicted octanol–water partition coefficient (Wildman–Crippen LogP) is 4.17. The number of nitrogens with zero attached hydrogens (tertiary/aromatic N) is 1. The van der Waals surface area contributed by atoms with Crippen LogP contribution in [0.4, 0.5) is 0 Å². The van der Waals surface area contributed by atoms with Crippen molar-refractivity contribution in [2.45, 2.75) is 63.8 Å². The Hall–Kier alpha value is -3.68. The third kappa shape index (κ3) is 3.79. The smallest absolute Gasteiger partial charge is 0.233 e. The summed E-state index contributed by atoms with van der Waals surface area (Å²) in [6.07, 6.45) is 8.85. The number of phenolic OH excluding ortho intramolecular Hbond substituents is 1. The molecule has 4 atom stereocenters. The van der Waals surface area contributed by atoms with Gasteiger partial charge in [-0.3, -0.25) is 24.1 Å². The molecule has 2 fully saturated rings. The molecule has 39 heavy (non-hydrogen) atoms. The molecule has 1 N–H and O–H groups in total. The molecule has 0 bridgehead atoms. The minimum absolute atomic E-state index is 0.0592. The van der Waals surface area contributed by atoms with Crippen molar-refractivity contribution in [3.63, 3.8) is 0 Å². The van der Waals surface area contributed by atoms with E-state index in [0.29, 0.717) is 28.7 Å². The number of methoxy groups -OCH3 is 2. The average molecular weight is 532 g/mol. The second kappa shape index (κ2) is 9.50. The number of Topliss-reactive ketones (excluding diaryl/α,β-unsaturated/α-hetero) is 1. The maximum absolute atomic E-state index is 14.0. The number of amides is 2. The van der Waals surface area contributed by atoms with Gasteiger partial charge in [0.15, 0.2) is 23.1 Å². The fourth-order valence-electron chi connectivity index (χ4n) is 7.54. The van der Waals surface area contributed by atoms with Crippen molar-refractivity contribution in [2.75, 3.05) is 14.2 Å². The maximum atomic E-state index is 14.0. The maximum Gasteiger partial charge on any atom is 0.233 e. The Kier molecular flexibility index (Phi) is 6.24. The molecule has 0 radical (unpaired) electrons. The van der Waals surface area contributed by atoms with Crippen LogP contribution in [-0.4, -0.2) is 53.6 Å². The van der Waals surface area contributed by atoms with Gasteiger partial charge in [-0.25, -0.2) is 0 Å². The molecule has 1 heterocycles. The largest absolute Gasteiger partial charge is 0.502 e. The number of fused-ring (bicyclic) bond motifs is 3. The minimum atomic E-state index is -0.630. The molecular formula is C31H33NO7. The molecule has 1 aromatic rings. The monoisotopic (exact) mass is 531 g/mol. The summed E-state index contributed by atoms with van der Waals surface area (Å²) in [5, 5.41) is 10.6. The van der Waals surface area contributed by atoms with Crippen LogP contribution in [-0.2, 0) is 19.2 Å². The summed E-state index contributed by atoms with van der Waals surface area (Å²) in [5.74, 6) is -2.51. The number of benzene rings is 1. The van der Waals surface area contributed by atoms with Crippen molar-refractivity contribution < 1.29 is 33.8 Å². The molecule has 0 spiro atoms. The van der Waals surface area contributed by atoms with Crippen LogP contribution in [0, 0.1) is 17.8 Å². The number of allylic oxidation sites excluding steroid dienone is 6. The van der Waals surface area contributed by atoms with Crippen molar-refractivity contribution >= 4 is 23.4 Å². The Morgan fingerprint density at radius 1 is 0.923 bits per heavy atom. The van der Waals surface area contributed by atoms with Crippen molar-refractivity contribution in [1.29, 1.82) is 0 Å². The van der Waals surface area contributed by atoms with Gasteiger partial charge < -0.3 is 14.6 Å². The molecule has 6 rings (SSSR count). The number of hydrogen-bond donors (Lipinski definition) is 1. The van der Waals surface area contributed by atoms with E-state index in [1.165, 1.54) is 25.2 Å². The molecule has 1 aliphatic heterocycles. The van der Waals surface area contributed by atoms with E-state index >= 15 is 0 Å².